The van der Waals surface area contributed by atoms with Gasteiger partial charge in [0.25, 0.3) is 5.22 Å². The van der Waals surface area contributed by atoms with Gasteiger partial charge in [0.15, 0.2) is 5.13 Å². The van der Waals surface area contributed by atoms with Gasteiger partial charge in [-0.3, -0.25) is 4.79 Å². The van der Waals surface area contributed by atoms with E-state index in [-0.39, 0.29) is 11.7 Å². The molecule has 0 saturated carbocycles. The number of benzene rings is 2. The average Bonchev–Trinajstić information content (AvgIpc) is 3.37. The van der Waals surface area contributed by atoms with Gasteiger partial charge in [-0.05, 0) is 31.2 Å². The molecule has 4 rings (SSSR count). The average molecular weight is 443 g/mol. The fraction of sp³-hybridized carbons (Fsp3) is 0.100. The quantitative estimate of drug-likeness (QED) is 0.394. The lowest BCUT2D eigenvalue weighted by Gasteiger charge is -2.00. The van der Waals surface area contributed by atoms with Gasteiger partial charge in [0.2, 0.25) is 11.8 Å². The van der Waals surface area contributed by atoms with Crippen molar-refractivity contribution >= 4 is 45.7 Å². The van der Waals surface area contributed by atoms with Crippen LogP contribution in [0.2, 0.25) is 5.02 Å². The lowest BCUT2D eigenvalue weighted by molar-refractivity contribution is -0.113. The normalized spacial score (nSPS) is 10.8. The van der Waals surface area contributed by atoms with E-state index in [1.165, 1.54) is 28.7 Å². The molecule has 2 aromatic carbocycles. The summed E-state index contributed by atoms with van der Waals surface area (Å²) in [6.07, 6.45) is 0. The predicted molar refractivity (Wildman–Crippen MR) is 116 cm³/mol. The summed E-state index contributed by atoms with van der Waals surface area (Å²) in [5, 5.41) is 14.2. The van der Waals surface area contributed by atoms with E-state index in [9.17, 15) is 4.79 Å². The predicted octanol–water partition coefficient (Wildman–Crippen LogP) is 5.55. The van der Waals surface area contributed by atoms with E-state index in [1.807, 2.05) is 36.6 Å². The van der Waals surface area contributed by atoms with Crippen LogP contribution in [0.1, 0.15) is 5.56 Å². The second kappa shape index (κ2) is 8.77. The number of nitrogens with one attached hydrogen (secondary N) is 1. The SMILES string of the molecule is Cc1ccc(-c2csc(NC(=O)CSc3nnc(-c4ccc(Cl)cc4)o3)n2)cc1. The summed E-state index contributed by atoms with van der Waals surface area (Å²) in [5.74, 6) is 0.333. The van der Waals surface area contributed by atoms with Gasteiger partial charge in [-0.2, -0.15) is 0 Å². The van der Waals surface area contributed by atoms with E-state index < -0.39 is 0 Å². The monoisotopic (exact) mass is 442 g/mol. The van der Waals surface area contributed by atoms with Gasteiger partial charge in [-0.15, -0.1) is 21.5 Å². The number of nitrogens with zero attached hydrogens (tertiary/aromatic N) is 3. The molecule has 0 spiro atoms. The van der Waals surface area contributed by atoms with E-state index in [0.717, 1.165) is 16.8 Å². The molecule has 0 bridgehead atoms. The number of halogens is 1. The van der Waals surface area contributed by atoms with Crippen molar-refractivity contribution < 1.29 is 9.21 Å². The molecule has 0 saturated heterocycles. The smallest absolute Gasteiger partial charge is 0.277 e. The van der Waals surface area contributed by atoms with Crippen molar-refractivity contribution in [3.8, 4) is 22.7 Å². The zero-order valence-electron chi connectivity index (χ0n) is 15.3. The second-order valence-corrected chi connectivity index (χ2v) is 8.34. The van der Waals surface area contributed by atoms with Gasteiger partial charge in [0.05, 0.1) is 11.4 Å². The largest absolute Gasteiger partial charge is 0.411 e. The summed E-state index contributed by atoms with van der Waals surface area (Å²) in [6.45, 7) is 2.04. The van der Waals surface area contributed by atoms with Crippen molar-refractivity contribution in [2.75, 3.05) is 11.1 Å². The highest BCUT2D eigenvalue weighted by Gasteiger charge is 2.13. The van der Waals surface area contributed by atoms with Gasteiger partial charge in [-0.1, -0.05) is 53.2 Å². The number of hydrogen-bond donors (Lipinski definition) is 1. The number of hydrogen-bond acceptors (Lipinski definition) is 7. The Kier molecular flexibility index (Phi) is 5.94. The van der Waals surface area contributed by atoms with Crippen LogP contribution in [-0.2, 0) is 4.79 Å². The fourth-order valence-electron chi connectivity index (χ4n) is 2.45. The Bertz CT molecular complexity index is 1120. The number of carbonyl (C=O) groups is 1. The molecule has 4 aromatic rings. The van der Waals surface area contributed by atoms with Crippen molar-refractivity contribution in [1.29, 1.82) is 0 Å². The summed E-state index contributed by atoms with van der Waals surface area (Å²) >= 11 is 8.43. The number of aromatic nitrogens is 3. The maximum atomic E-state index is 12.2. The molecule has 1 amide bonds. The number of thiazole rings is 1. The molecule has 0 aliphatic rings. The van der Waals surface area contributed by atoms with Crippen LogP contribution in [0.25, 0.3) is 22.7 Å². The van der Waals surface area contributed by atoms with Crippen LogP contribution in [0.5, 0.6) is 0 Å². The molecule has 29 heavy (non-hydrogen) atoms. The molecule has 1 N–H and O–H groups in total. The fourth-order valence-corrected chi connectivity index (χ4v) is 3.87. The molecule has 146 valence electrons. The van der Waals surface area contributed by atoms with Gasteiger partial charge < -0.3 is 9.73 Å². The van der Waals surface area contributed by atoms with Crippen LogP contribution in [0.4, 0.5) is 5.13 Å². The van der Waals surface area contributed by atoms with Crippen LogP contribution in [0.15, 0.2) is 63.6 Å². The Morgan fingerprint density at radius 2 is 1.83 bits per heavy atom. The highest BCUT2D eigenvalue weighted by atomic mass is 35.5. The first-order valence-electron chi connectivity index (χ1n) is 8.61. The van der Waals surface area contributed by atoms with E-state index in [2.05, 4.69) is 20.5 Å². The van der Waals surface area contributed by atoms with Gasteiger partial charge >= 0.3 is 0 Å². The van der Waals surface area contributed by atoms with Gasteiger partial charge in [0.1, 0.15) is 0 Å². The number of anilines is 1. The first-order chi connectivity index (χ1) is 14.1. The highest BCUT2D eigenvalue weighted by molar-refractivity contribution is 7.99. The van der Waals surface area contributed by atoms with Crippen LogP contribution in [-0.4, -0.2) is 26.8 Å². The molecule has 2 aromatic heterocycles. The maximum absolute atomic E-state index is 12.2. The Balaban J connectivity index is 1.33. The molecule has 0 fully saturated rings. The van der Waals surface area contributed by atoms with E-state index in [0.29, 0.717) is 21.3 Å². The van der Waals surface area contributed by atoms with Crippen LogP contribution in [0, 0.1) is 6.92 Å². The Morgan fingerprint density at radius 1 is 1.10 bits per heavy atom. The third-order valence-electron chi connectivity index (χ3n) is 3.92. The zero-order valence-corrected chi connectivity index (χ0v) is 17.6. The molecule has 2 heterocycles. The number of carbonyl (C=O) groups excluding carboxylic acids is 1. The van der Waals surface area contributed by atoms with Crippen molar-refractivity contribution in [1.82, 2.24) is 15.2 Å². The molecule has 0 aliphatic heterocycles. The van der Waals surface area contributed by atoms with Crippen LogP contribution >= 0.6 is 34.7 Å². The van der Waals surface area contributed by atoms with Crippen LogP contribution in [0.3, 0.4) is 0 Å². The molecule has 0 unspecified atom stereocenters. The minimum Gasteiger partial charge on any atom is -0.411 e. The maximum Gasteiger partial charge on any atom is 0.277 e. The molecular weight excluding hydrogens is 428 g/mol. The minimum atomic E-state index is -0.189. The number of rotatable bonds is 6. The number of amides is 1. The lowest BCUT2D eigenvalue weighted by Crippen LogP contribution is -2.13. The van der Waals surface area contributed by atoms with Crippen molar-refractivity contribution in [2.45, 2.75) is 12.1 Å². The third-order valence-corrected chi connectivity index (χ3v) is 5.75. The summed E-state index contributed by atoms with van der Waals surface area (Å²) in [7, 11) is 0. The number of aryl methyl sites for hydroxylation is 1. The first-order valence-corrected chi connectivity index (χ1v) is 10.9. The standard InChI is InChI=1S/C20H15ClN4O2S2/c1-12-2-4-13(5-3-12)16-10-28-19(22-16)23-17(26)11-29-20-25-24-18(27-20)14-6-8-15(21)9-7-14/h2-10H,11H2,1H3,(H,22,23,26). The summed E-state index contributed by atoms with van der Waals surface area (Å²) in [6, 6.07) is 15.2. The summed E-state index contributed by atoms with van der Waals surface area (Å²) < 4.78 is 5.59. The first kappa shape index (κ1) is 19.6. The molecule has 0 aliphatic carbocycles. The minimum absolute atomic E-state index is 0.141. The topological polar surface area (TPSA) is 80.9 Å². The molecule has 6 nitrogen and oxygen atoms in total. The van der Waals surface area contributed by atoms with E-state index >= 15 is 0 Å². The van der Waals surface area contributed by atoms with E-state index in [4.69, 9.17) is 16.0 Å². The lowest BCUT2D eigenvalue weighted by atomic mass is 10.1. The molecular formula is C20H15ClN4O2S2. The highest BCUT2D eigenvalue weighted by Crippen LogP contribution is 2.27. The van der Waals surface area contributed by atoms with E-state index in [1.54, 1.807) is 24.3 Å². The van der Waals surface area contributed by atoms with Gasteiger partial charge in [-0.25, -0.2) is 4.98 Å². The van der Waals surface area contributed by atoms with Crippen molar-refractivity contribution in [3.63, 3.8) is 0 Å². The Labute approximate surface area is 180 Å². The second-order valence-electron chi connectivity index (χ2n) is 6.12. The number of thioether (sulfide) groups is 1. The Hall–Kier alpha value is -2.68. The Morgan fingerprint density at radius 3 is 2.59 bits per heavy atom. The van der Waals surface area contributed by atoms with Crippen LogP contribution < -0.4 is 5.32 Å². The van der Waals surface area contributed by atoms with Gasteiger partial charge in [0, 0.05) is 21.5 Å². The summed E-state index contributed by atoms with van der Waals surface area (Å²) in [5.41, 5.74) is 3.81. The summed E-state index contributed by atoms with van der Waals surface area (Å²) in [4.78, 5) is 16.7. The zero-order chi connectivity index (χ0) is 20.2. The van der Waals surface area contributed by atoms with Crippen molar-refractivity contribution in [3.05, 3.63) is 64.5 Å². The third kappa shape index (κ3) is 5.03. The molecule has 0 atom stereocenters. The molecule has 9 heteroatoms. The van der Waals surface area contributed by atoms with Crippen molar-refractivity contribution in [2.24, 2.45) is 0 Å². The molecule has 0 radical (unpaired) electrons.